The van der Waals surface area contributed by atoms with Gasteiger partial charge in [0.05, 0.1) is 9.75 Å². The lowest BCUT2D eigenvalue weighted by Gasteiger charge is -2.16. The second kappa shape index (κ2) is 10.5. The molecule has 194 valence electrons. The van der Waals surface area contributed by atoms with Crippen LogP contribution in [-0.2, 0) is 25.9 Å². The Morgan fingerprint density at radius 3 is 1.58 bits per heavy atom. The summed E-state index contributed by atoms with van der Waals surface area (Å²) in [6.07, 6.45) is 1.93. The molecule has 4 N–H and O–H groups in total. The summed E-state index contributed by atoms with van der Waals surface area (Å²) in [6.45, 7) is 7.64. The first kappa shape index (κ1) is 25.0. The number of fused-ring (bicyclic) bond motifs is 2. The van der Waals surface area contributed by atoms with Crippen LogP contribution in [0.3, 0.4) is 0 Å². The zero-order valence-electron chi connectivity index (χ0n) is 21.5. The summed E-state index contributed by atoms with van der Waals surface area (Å²) in [4.78, 5) is 30.2. The van der Waals surface area contributed by atoms with Crippen LogP contribution >= 0.6 is 22.7 Å². The molecule has 0 bridgehead atoms. The van der Waals surface area contributed by atoms with E-state index in [2.05, 4.69) is 33.4 Å². The molecule has 4 aromatic rings. The zero-order chi connectivity index (χ0) is 26.2. The highest BCUT2D eigenvalue weighted by Crippen LogP contribution is 2.35. The van der Waals surface area contributed by atoms with Gasteiger partial charge in [0, 0.05) is 34.2 Å². The number of nitrogens with one attached hydrogen (secondary N) is 4. The summed E-state index contributed by atoms with van der Waals surface area (Å²) in [6, 6.07) is 16.0. The zero-order valence-corrected chi connectivity index (χ0v) is 23.1. The lowest BCUT2D eigenvalue weighted by molar-refractivity contribution is 0.102. The summed E-state index contributed by atoms with van der Waals surface area (Å²) < 4.78 is 0. The predicted molar refractivity (Wildman–Crippen MR) is 157 cm³/mol. The molecule has 0 aliphatic carbocycles. The van der Waals surface area contributed by atoms with Gasteiger partial charge in [-0.3, -0.25) is 9.59 Å². The van der Waals surface area contributed by atoms with E-state index >= 15 is 0 Å². The monoisotopic (exact) mass is 542 g/mol. The molecule has 4 heterocycles. The summed E-state index contributed by atoms with van der Waals surface area (Å²) in [5.74, 6) is -0.146. The van der Waals surface area contributed by atoms with Crippen LogP contribution in [0.25, 0.3) is 11.1 Å². The first-order valence-corrected chi connectivity index (χ1v) is 14.6. The standard InChI is InChI=1S/C30H30N4O2S2/c1-17-21(5-3-7-23(17)33-29(35)25-13-19-9-11-31-15-27(19)37-25)22-6-4-8-24(18(22)2)34-30(36)26-14-20-10-12-32-16-28(20)38-26/h3-8,13-14,31-32H,9-12,15-16H2,1-2H3,(H,33,35)(H,34,36). The van der Waals surface area contributed by atoms with E-state index in [0.717, 1.165) is 82.4 Å². The molecule has 0 radical (unpaired) electrons. The van der Waals surface area contributed by atoms with Gasteiger partial charge in [-0.15, -0.1) is 22.7 Å². The van der Waals surface area contributed by atoms with E-state index in [9.17, 15) is 9.59 Å². The van der Waals surface area contributed by atoms with Crippen LogP contribution in [-0.4, -0.2) is 24.9 Å². The molecule has 38 heavy (non-hydrogen) atoms. The van der Waals surface area contributed by atoms with Gasteiger partial charge in [0.2, 0.25) is 0 Å². The topological polar surface area (TPSA) is 82.3 Å². The molecule has 6 nitrogen and oxygen atoms in total. The highest BCUT2D eigenvalue weighted by atomic mass is 32.1. The second-order valence-electron chi connectivity index (χ2n) is 9.84. The predicted octanol–water partition coefficient (Wildman–Crippen LogP) is 5.89. The molecular weight excluding hydrogens is 512 g/mol. The molecular formula is C30H30N4O2S2. The molecule has 0 saturated heterocycles. The third kappa shape index (κ3) is 4.80. The van der Waals surface area contributed by atoms with Gasteiger partial charge in [0.1, 0.15) is 0 Å². The number of carbonyl (C=O) groups excluding carboxylic acids is 2. The number of rotatable bonds is 5. The second-order valence-corrected chi connectivity index (χ2v) is 12.1. The SMILES string of the molecule is Cc1c(NC(=O)c2cc3c(s2)CNCC3)cccc1-c1cccc(NC(=O)c2cc3c(s2)CNCC3)c1C. The average molecular weight is 543 g/mol. The lowest BCUT2D eigenvalue weighted by Crippen LogP contribution is -2.21. The molecule has 8 heteroatoms. The van der Waals surface area contributed by atoms with E-state index in [4.69, 9.17) is 0 Å². The van der Waals surface area contributed by atoms with Gasteiger partial charge in [0.25, 0.3) is 11.8 Å². The molecule has 0 fully saturated rings. The van der Waals surface area contributed by atoms with E-state index < -0.39 is 0 Å². The van der Waals surface area contributed by atoms with Crippen molar-refractivity contribution in [3.8, 4) is 11.1 Å². The molecule has 2 aliphatic heterocycles. The molecule has 0 atom stereocenters. The van der Waals surface area contributed by atoms with E-state index in [1.807, 2.05) is 50.2 Å². The molecule has 0 saturated carbocycles. The Bertz CT molecular complexity index is 1390. The number of thiophene rings is 2. The fraction of sp³-hybridized carbons (Fsp3) is 0.267. The first-order chi connectivity index (χ1) is 18.5. The van der Waals surface area contributed by atoms with Gasteiger partial charge in [-0.25, -0.2) is 0 Å². The number of anilines is 2. The Balaban J connectivity index is 1.23. The fourth-order valence-electron chi connectivity index (χ4n) is 5.22. The molecule has 0 spiro atoms. The van der Waals surface area contributed by atoms with Crippen molar-refractivity contribution < 1.29 is 9.59 Å². The third-order valence-electron chi connectivity index (χ3n) is 7.41. The molecule has 2 amide bonds. The van der Waals surface area contributed by atoms with Crippen molar-refractivity contribution in [3.63, 3.8) is 0 Å². The summed E-state index contributed by atoms with van der Waals surface area (Å²) in [7, 11) is 0. The van der Waals surface area contributed by atoms with Gasteiger partial charge in [-0.1, -0.05) is 24.3 Å². The van der Waals surface area contributed by atoms with Crippen molar-refractivity contribution >= 4 is 45.9 Å². The smallest absolute Gasteiger partial charge is 0.265 e. The van der Waals surface area contributed by atoms with E-state index in [-0.39, 0.29) is 11.8 Å². The largest absolute Gasteiger partial charge is 0.321 e. The fourth-order valence-corrected chi connectivity index (χ4v) is 7.38. The van der Waals surface area contributed by atoms with Gasteiger partial charge in [0.15, 0.2) is 0 Å². The van der Waals surface area contributed by atoms with Gasteiger partial charge >= 0.3 is 0 Å². The van der Waals surface area contributed by atoms with Crippen molar-refractivity contribution in [1.29, 1.82) is 0 Å². The Kier molecular flexibility index (Phi) is 6.88. The van der Waals surface area contributed by atoms with Gasteiger partial charge in [-0.2, -0.15) is 0 Å². The number of carbonyl (C=O) groups is 2. The Morgan fingerprint density at radius 2 is 1.16 bits per heavy atom. The van der Waals surface area contributed by atoms with E-state index in [1.54, 1.807) is 22.7 Å². The maximum atomic E-state index is 13.1. The van der Waals surface area contributed by atoms with Crippen LogP contribution in [0, 0.1) is 13.8 Å². The minimum absolute atomic E-state index is 0.0729. The molecule has 2 aromatic heterocycles. The minimum atomic E-state index is -0.0729. The van der Waals surface area contributed by atoms with Crippen LogP contribution in [0.15, 0.2) is 48.5 Å². The highest BCUT2D eigenvalue weighted by Gasteiger charge is 2.20. The van der Waals surface area contributed by atoms with Crippen molar-refractivity contribution in [2.24, 2.45) is 0 Å². The van der Waals surface area contributed by atoms with Crippen LogP contribution in [0.2, 0.25) is 0 Å². The van der Waals surface area contributed by atoms with Crippen molar-refractivity contribution in [3.05, 3.63) is 90.3 Å². The van der Waals surface area contributed by atoms with Crippen molar-refractivity contribution in [2.45, 2.75) is 39.8 Å². The highest BCUT2D eigenvalue weighted by molar-refractivity contribution is 7.14. The maximum absolute atomic E-state index is 13.1. The van der Waals surface area contributed by atoms with Crippen LogP contribution < -0.4 is 21.3 Å². The number of benzene rings is 2. The van der Waals surface area contributed by atoms with E-state index in [1.165, 1.54) is 20.9 Å². The Morgan fingerprint density at radius 1 is 0.711 bits per heavy atom. The minimum Gasteiger partial charge on any atom is -0.321 e. The number of amides is 2. The lowest BCUT2D eigenvalue weighted by atomic mass is 9.94. The molecule has 2 aliphatic rings. The maximum Gasteiger partial charge on any atom is 0.265 e. The third-order valence-corrected chi connectivity index (χ3v) is 9.76. The van der Waals surface area contributed by atoms with Crippen molar-refractivity contribution in [1.82, 2.24) is 10.6 Å². The average Bonchev–Trinajstić information content (AvgIpc) is 3.56. The van der Waals surface area contributed by atoms with Gasteiger partial charge in [-0.05, 0) is 97.4 Å². The number of hydrogen-bond acceptors (Lipinski definition) is 6. The Labute approximate surface area is 230 Å². The molecule has 0 unspecified atom stereocenters. The van der Waals surface area contributed by atoms with E-state index in [0.29, 0.717) is 0 Å². The normalized spacial score (nSPS) is 14.5. The number of hydrogen-bond donors (Lipinski definition) is 4. The van der Waals surface area contributed by atoms with Crippen LogP contribution in [0.5, 0.6) is 0 Å². The van der Waals surface area contributed by atoms with Crippen LogP contribution in [0.4, 0.5) is 11.4 Å². The summed E-state index contributed by atoms with van der Waals surface area (Å²) >= 11 is 3.14. The quantitative estimate of drug-likeness (QED) is 0.254. The first-order valence-electron chi connectivity index (χ1n) is 12.9. The van der Waals surface area contributed by atoms with Crippen LogP contribution in [0.1, 0.15) is 51.4 Å². The Hall–Kier alpha value is -3.30. The molecule has 6 rings (SSSR count). The van der Waals surface area contributed by atoms with Gasteiger partial charge < -0.3 is 21.3 Å². The molecule has 2 aromatic carbocycles. The summed E-state index contributed by atoms with van der Waals surface area (Å²) in [5, 5.41) is 13.0. The van der Waals surface area contributed by atoms with Crippen molar-refractivity contribution in [2.75, 3.05) is 23.7 Å². The summed E-state index contributed by atoms with van der Waals surface area (Å²) in [5.41, 5.74) is 8.19.